The lowest BCUT2D eigenvalue weighted by molar-refractivity contribution is 0.0596. The van der Waals surface area contributed by atoms with Crippen LogP contribution in [0.3, 0.4) is 0 Å². The Morgan fingerprint density at radius 1 is 1.29 bits per heavy atom. The van der Waals surface area contributed by atoms with Crippen LogP contribution >= 0.6 is 34.8 Å². The summed E-state index contributed by atoms with van der Waals surface area (Å²) >= 11 is 18.1. The second kappa shape index (κ2) is 6.13. The van der Waals surface area contributed by atoms with Gasteiger partial charge in [0.2, 0.25) is 0 Å². The number of aromatic nitrogens is 2. The number of nitrogens with two attached hydrogens (primary N) is 1. The molecule has 0 aliphatic heterocycles. The summed E-state index contributed by atoms with van der Waals surface area (Å²) in [6, 6.07) is 3.09. The number of anilines is 1. The lowest BCUT2D eigenvalue weighted by Crippen LogP contribution is -2.08. The number of hydrogen-bond donors (Lipinski definition) is 1. The molecule has 1 aromatic carbocycles. The number of imidazole rings is 1. The Kier molecular flexibility index (Phi) is 4.66. The summed E-state index contributed by atoms with van der Waals surface area (Å²) in [5.74, 6) is 0.0873. The largest absolute Gasteiger partial charge is 0.464 e. The van der Waals surface area contributed by atoms with Crippen molar-refractivity contribution in [1.82, 2.24) is 9.55 Å². The van der Waals surface area contributed by atoms with E-state index >= 15 is 0 Å². The van der Waals surface area contributed by atoms with E-state index in [1.807, 2.05) is 6.92 Å². The highest BCUT2D eigenvalue weighted by atomic mass is 35.5. The van der Waals surface area contributed by atoms with Gasteiger partial charge >= 0.3 is 5.97 Å². The molecule has 0 saturated heterocycles. The molecule has 2 rings (SSSR count). The minimum atomic E-state index is -0.614. The van der Waals surface area contributed by atoms with Gasteiger partial charge in [0.25, 0.3) is 0 Å². The van der Waals surface area contributed by atoms with E-state index in [9.17, 15) is 4.79 Å². The van der Waals surface area contributed by atoms with E-state index in [-0.39, 0.29) is 11.5 Å². The third-order valence-electron chi connectivity index (χ3n) is 2.91. The molecule has 0 radical (unpaired) electrons. The molecule has 112 valence electrons. The van der Waals surface area contributed by atoms with Crippen molar-refractivity contribution in [1.29, 1.82) is 0 Å². The topological polar surface area (TPSA) is 70.1 Å². The highest BCUT2D eigenvalue weighted by molar-refractivity contribution is 6.43. The number of methoxy groups -OCH3 is 1. The zero-order valence-corrected chi connectivity index (χ0v) is 13.6. The second-order valence-electron chi connectivity index (χ2n) is 4.16. The molecule has 21 heavy (non-hydrogen) atoms. The molecule has 0 spiro atoms. The number of carbonyl (C=O) groups is 1. The van der Waals surface area contributed by atoms with E-state index in [1.54, 1.807) is 10.6 Å². The molecule has 0 aliphatic rings. The molecular formula is C13H12Cl3N3O2. The van der Waals surface area contributed by atoms with Gasteiger partial charge in [-0.25, -0.2) is 9.78 Å². The van der Waals surface area contributed by atoms with Crippen LogP contribution < -0.4 is 5.73 Å². The summed E-state index contributed by atoms with van der Waals surface area (Å²) in [6.07, 6.45) is 0.539. The smallest absolute Gasteiger partial charge is 0.360 e. The fourth-order valence-corrected chi connectivity index (χ4v) is 2.54. The van der Waals surface area contributed by atoms with E-state index in [4.69, 9.17) is 40.5 Å². The monoisotopic (exact) mass is 347 g/mol. The molecule has 0 fully saturated rings. The number of benzene rings is 1. The van der Waals surface area contributed by atoms with Crippen LogP contribution in [0, 0.1) is 0 Å². The van der Waals surface area contributed by atoms with Crippen LogP contribution in [-0.2, 0) is 11.2 Å². The number of nitrogen functional groups attached to an aromatic ring is 1. The van der Waals surface area contributed by atoms with Crippen molar-refractivity contribution in [3.05, 3.63) is 38.7 Å². The van der Waals surface area contributed by atoms with E-state index in [1.165, 1.54) is 13.2 Å². The third kappa shape index (κ3) is 2.81. The maximum absolute atomic E-state index is 11.7. The number of halogens is 3. The van der Waals surface area contributed by atoms with Gasteiger partial charge in [-0.05, 0) is 12.1 Å². The molecule has 5 nitrogen and oxygen atoms in total. The van der Waals surface area contributed by atoms with Crippen molar-refractivity contribution in [2.75, 3.05) is 12.8 Å². The maximum atomic E-state index is 11.7. The molecule has 8 heteroatoms. The number of esters is 1. The van der Waals surface area contributed by atoms with Gasteiger partial charge in [-0.2, -0.15) is 0 Å². The summed E-state index contributed by atoms with van der Waals surface area (Å²) in [7, 11) is 1.26. The van der Waals surface area contributed by atoms with Crippen LogP contribution in [0.25, 0.3) is 5.69 Å². The third-order valence-corrected chi connectivity index (χ3v) is 3.93. The lowest BCUT2D eigenvalue weighted by atomic mass is 10.3. The van der Waals surface area contributed by atoms with Crippen LogP contribution in [-0.4, -0.2) is 22.6 Å². The Morgan fingerprint density at radius 2 is 1.90 bits per heavy atom. The minimum Gasteiger partial charge on any atom is -0.464 e. The van der Waals surface area contributed by atoms with Crippen LogP contribution in [0.4, 0.5) is 5.82 Å². The Hall–Kier alpha value is -1.43. The molecule has 0 aliphatic carbocycles. The Bertz CT molecular complexity index is 713. The van der Waals surface area contributed by atoms with E-state index in [2.05, 4.69) is 9.72 Å². The minimum absolute atomic E-state index is 0.0384. The molecule has 0 unspecified atom stereocenters. The molecule has 0 atom stereocenters. The fraction of sp³-hybridized carbons (Fsp3) is 0.231. The summed E-state index contributed by atoms with van der Waals surface area (Å²) in [5.41, 5.74) is 6.55. The Morgan fingerprint density at radius 3 is 2.48 bits per heavy atom. The van der Waals surface area contributed by atoms with Crippen LogP contribution in [0.5, 0.6) is 0 Å². The summed E-state index contributed by atoms with van der Waals surface area (Å²) in [4.78, 5) is 15.9. The van der Waals surface area contributed by atoms with Crippen LogP contribution in [0.2, 0.25) is 15.1 Å². The molecule has 1 aromatic heterocycles. The van der Waals surface area contributed by atoms with Gasteiger partial charge in [0.05, 0.1) is 27.9 Å². The predicted octanol–water partition coefficient (Wildman–Crippen LogP) is 3.76. The molecule has 2 aromatic rings. The van der Waals surface area contributed by atoms with E-state index in [0.717, 1.165) is 0 Å². The first kappa shape index (κ1) is 15.9. The van der Waals surface area contributed by atoms with Crippen LogP contribution in [0.1, 0.15) is 23.2 Å². The van der Waals surface area contributed by atoms with Gasteiger partial charge in [-0.15, -0.1) is 0 Å². The number of ether oxygens (including phenoxy) is 1. The second-order valence-corrected chi connectivity index (χ2v) is 5.38. The first-order chi connectivity index (χ1) is 9.90. The first-order valence-corrected chi connectivity index (χ1v) is 7.14. The van der Waals surface area contributed by atoms with Crippen molar-refractivity contribution in [3.63, 3.8) is 0 Å². The zero-order chi connectivity index (χ0) is 15.7. The number of nitrogens with zero attached hydrogens (tertiary/aromatic N) is 2. The summed E-state index contributed by atoms with van der Waals surface area (Å²) in [6.45, 7) is 1.88. The zero-order valence-electron chi connectivity index (χ0n) is 11.3. The van der Waals surface area contributed by atoms with Crippen molar-refractivity contribution >= 4 is 46.6 Å². The molecule has 0 saturated carbocycles. The summed E-state index contributed by atoms with van der Waals surface area (Å²) < 4.78 is 6.23. The Balaban J connectivity index is 2.72. The van der Waals surface area contributed by atoms with Gasteiger partial charge < -0.3 is 10.5 Å². The number of carbonyl (C=O) groups excluding carboxylic acids is 1. The number of aryl methyl sites for hydroxylation is 1. The van der Waals surface area contributed by atoms with Crippen molar-refractivity contribution < 1.29 is 9.53 Å². The standard InChI is InChI=1S/C13H12Cl3N3O2/c1-3-10-18-11(13(20)21-2)12(17)19(10)9-5-7(15)6(14)4-8(9)16/h4-5H,3,17H2,1-2H3. The van der Waals surface area contributed by atoms with Gasteiger partial charge in [0, 0.05) is 6.42 Å². The average Bonchev–Trinajstić information content (AvgIpc) is 2.79. The quantitative estimate of drug-likeness (QED) is 0.677. The molecule has 2 N–H and O–H groups in total. The van der Waals surface area contributed by atoms with E-state index < -0.39 is 5.97 Å². The molecular weight excluding hydrogens is 337 g/mol. The SMILES string of the molecule is CCc1nc(C(=O)OC)c(N)n1-c1cc(Cl)c(Cl)cc1Cl. The maximum Gasteiger partial charge on any atom is 0.360 e. The van der Waals surface area contributed by atoms with Gasteiger partial charge in [0.15, 0.2) is 5.69 Å². The van der Waals surface area contributed by atoms with Crippen molar-refractivity contribution in [2.45, 2.75) is 13.3 Å². The average molecular weight is 349 g/mol. The molecule has 0 bridgehead atoms. The van der Waals surface area contributed by atoms with Gasteiger partial charge in [-0.1, -0.05) is 41.7 Å². The van der Waals surface area contributed by atoms with Gasteiger partial charge in [0.1, 0.15) is 11.6 Å². The summed E-state index contributed by atoms with van der Waals surface area (Å²) in [5, 5.41) is 1.00. The van der Waals surface area contributed by atoms with Crippen molar-refractivity contribution in [2.24, 2.45) is 0 Å². The molecule has 0 amide bonds. The first-order valence-electron chi connectivity index (χ1n) is 6.01. The van der Waals surface area contributed by atoms with E-state index in [0.29, 0.717) is 33.0 Å². The molecule has 1 heterocycles. The highest BCUT2D eigenvalue weighted by Gasteiger charge is 2.23. The van der Waals surface area contributed by atoms with Crippen molar-refractivity contribution in [3.8, 4) is 5.69 Å². The predicted molar refractivity (Wildman–Crippen MR) is 83.7 cm³/mol. The number of hydrogen-bond acceptors (Lipinski definition) is 4. The van der Waals surface area contributed by atoms with Crippen LogP contribution in [0.15, 0.2) is 12.1 Å². The number of rotatable bonds is 3. The fourth-order valence-electron chi connectivity index (χ4n) is 1.92. The van der Waals surface area contributed by atoms with Gasteiger partial charge in [-0.3, -0.25) is 4.57 Å². The lowest BCUT2D eigenvalue weighted by Gasteiger charge is -2.12. The normalized spacial score (nSPS) is 10.7. The Labute approximate surface area is 136 Å². The highest BCUT2D eigenvalue weighted by Crippen LogP contribution is 2.34.